The summed E-state index contributed by atoms with van der Waals surface area (Å²) in [6, 6.07) is 0. The van der Waals surface area contributed by atoms with Gasteiger partial charge in [-0.2, -0.15) is 0 Å². The Kier molecular flexibility index (Phi) is 10.4. The molecule has 0 unspecified atom stereocenters. The van der Waals surface area contributed by atoms with Crippen LogP contribution in [0.15, 0.2) is 0 Å². The van der Waals surface area contributed by atoms with E-state index in [1.165, 1.54) is 54.9 Å². The maximum absolute atomic E-state index is 12.0. The van der Waals surface area contributed by atoms with Gasteiger partial charge in [0.1, 0.15) is 0 Å². The number of carbonyl (C=O) groups excluding carboxylic acids is 1. The Morgan fingerprint density at radius 2 is 1.50 bits per heavy atom. The fraction of sp³-hybridized carbons (Fsp3) is 0.842. The number of carbonyl (C=O) groups is 1. The van der Waals surface area contributed by atoms with Crippen molar-refractivity contribution >= 4 is 44.0 Å². The Morgan fingerprint density at radius 3 is 1.92 bits per heavy atom. The van der Waals surface area contributed by atoms with Crippen LogP contribution >= 0.6 is 11.3 Å². The van der Waals surface area contributed by atoms with E-state index in [9.17, 15) is 4.79 Å². The van der Waals surface area contributed by atoms with Crippen LogP contribution in [0.2, 0.25) is 13.3 Å². The third-order valence-corrected chi connectivity index (χ3v) is 23.0. The number of nitrogens with zero attached hydrogens (tertiary/aromatic N) is 2. The van der Waals surface area contributed by atoms with Gasteiger partial charge in [-0.05, 0) is 0 Å². The fourth-order valence-electron chi connectivity index (χ4n) is 3.12. The molecular formula is C19H37N3O2SSn. The number of anilines is 1. The molecule has 0 radical (unpaired) electrons. The molecule has 1 amide bonds. The Balaban J connectivity index is 2.98. The Morgan fingerprint density at radius 1 is 1.00 bits per heavy atom. The first-order valence-corrected chi connectivity index (χ1v) is 18.4. The van der Waals surface area contributed by atoms with E-state index in [0.29, 0.717) is 5.13 Å². The topological polar surface area (TPSA) is 64.1 Å². The fourth-order valence-corrected chi connectivity index (χ4v) is 22.1. The van der Waals surface area contributed by atoms with E-state index in [4.69, 9.17) is 4.74 Å². The summed E-state index contributed by atoms with van der Waals surface area (Å²) in [5.41, 5.74) is -0.510. The molecule has 0 fully saturated rings. The van der Waals surface area contributed by atoms with E-state index in [0.717, 1.165) is 0 Å². The second-order valence-electron chi connectivity index (χ2n) is 8.13. The van der Waals surface area contributed by atoms with Crippen molar-refractivity contribution in [2.24, 2.45) is 0 Å². The van der Waals surface area contributed by atoms with Crippen molar-refractivity contribution in [3.63, 3.8) is 0 Å². The van der Waals surface area contributed by atoms with Crippen molar-refractivity contribution in [3.8, 4) is 0 Å². The molecule has 0 aromatic carbocycles. The normalized spacial score (nSPS) is 12.2. The summed E-state index contributed by atoms with van der Waals surface area (Å²) in [5.74, 6) is 0. The molecule has 1 rings (SSSR count). The number of hydrogen-bond acceptors (Lipinski definition) is 5. The van der Waals surface area contributed by atoms with Crippen molar-refractivity contribution in [1.82, 2.24) is 10.2 Å². The average Bonchev–Trinajstić information content (AvgIpc) is 3.01. The molecule has 7 heteroatoms. The molecule has 0 aliphatic carbocycles. The second-order valence-corrected chi connectivity index (χ2v) is 23.1. The second kappa shape index (κ2) is 11.5. The molecule has 0 bridgehead atoms. The van der Waals surface area contributed by atoms with Gasteiger partial charge in [0.15, 0.2) is 0 Å². The minimum atomic E-state index is -2.55. The third-order valence-electron chi connectivity index (χ3n) is 4.51. The number of rotatable bonds is 11. The van der Waals surface area contributed by atoms with E-state index in [2.05, 4.69) is 36.3 Å². The first kappa shape index (κ1) is 23.7. The Hall–Kier alpha value is -0.371. The predicted molar refractivity (Wildman–Crippen MR) is 114 cm³/mol. The standard InChI is InChI=1S/C7H10N3O2S.3C4H9.Sn/c1-7(2,3)12-6(11)9-5-10-8-4-13-5;3*1-3-4-2;/h1-3H3,(H,9,10,11);3*1,3-4H2,2H3;. The van der Waals surface area contributed by atoms with Crippen LogP contribution in [0.25, 0.3) is 0 Å². The molecule has 5 nitrogen and oxygen atoms in total. The molecule has 0 saturated heterocycles. The zero-order valence-electron chi connectivity index (χ0n) is 17.5. The van der Waals surface area contributed by atoms with Crippen molar-refractivity contribution in [3.05, 3.63) is 0 Å². The van der Waals surface area contributed by atoms with Gasteiger partial charge >= 0.3 is 168 Å². The van der Waals surface area contributed by atoms with Gasteiger partial charge < -0.3 is 0 Å². The average molecular weight is 490 g/mol. The Labute approximate surface area is 167 Å². The maximum atomic E-state index is 12.0. The van der Waals surface area contributed by atoms with E-state index in [1.54, 1.807) is 11.3 Å². The van der Waals surface area contributed by atoms with Gasteiger partial charge in [0.05, 0.1) is 0 Å². The summed E-state index contributed by atoms with van der Waals surface area (Å²) in [6.45, 7) is 12.4. The summed E-state index contributed by atoms with van der Waals surface area (Å²) in [7, 11) is 0. The van der Waals surface area contributed by atoms with Crippen molar-refractivity contribution in [2.75, 3.05) is 5.32 Å². The van der Waals surface area contributed by atoms with Gasteiger partial charge in [0.2, 0.25) is 0 Å². The third kappa shape index (κ3) is 8.11. The quantitative estimate of drug-likeness (QED) is 0.390. The molecular weight excluding hydrogens is 453 g/mol. The van der Waals surface area contributed by atoms with Gasteiger partial charge in [0.25, 0.3) is 0 Å². The van der Waals surface area contributed by atoms with E-state index in [1.807, 2.05) is 20.8 Å². The van der Waals surface area contributed by atoms with Crippen LogP contribution in [0, 0.1) is 0 Å². The van der Waals surface area contributed by atoms with E-state index < -0.39 is 30.1 Å². The molecule has 1 aromatic rings. The van der Waals surface area contributed by atoms with Crippen molar-refractivity contribution in [2.45, 2.75) is 99.0 Å². The first-order chi connectivity index (χ1) is 12.3. The van der Waals surface area contributed by atoms with Gasteiger partial charge in [0, 0.05) is 0 Å². The van der Waals surface area contributed by atoms with E-state index >= 15 is 0 Å². The van der Waals surface area contributed by atoms with Crippen molar-refractivity contribution in [1.29, 1.82) is 0 Å². The molecule has 0 aliphatic rings. The number of nitrogens with one attached hydrogen (secondary N) is 1. The molecule has 150 valence electrons. The zero-order valence-corrected chi connectivity index (χ0v) is 21.2. The van der Waals surface area contributed by atoms with Crippen LogP contribution in [0.4, 0.5) is 9.93 Å². The van der Waals surface area contributed by atoms with Gasteiger partial charge in [-0.3, -0.25) is 0 Å². The van der Waals surface area contributed by atoms with Crippen LogP contribution in [0.1, 0.15) is 80.1 Å². The summed E-state index contributed by atoms with van der Waals surface area (Å²) < 4.78 is 10.7. The summed E-state index contributed by atoms with van der Waals surface area (Å²) in [5, 5.41) is 12.2. The summed E-state index contributed by atoms with van der Waals surface area (Å²) in [4.78, 5) is 12.0. The monoisotopic (exact) mass is 491 g/mol. The number of ether oxygens (including phenoxy) is 1. The SMILES string of the molecule is CCC[CH2][Sn]([CH2]CCC)([CH2]CCC)[c]1nnc(NC(=O)OC(C)(C)C)s1. The van der Waals surface area contributed by atoms with Crippen LogP contribution in [0.3, 0.4) is 0 Å². The number of unbranched alkanes of at least 4 members (excludes halogenated alkanes) is 3. The van der Waals surface area contributed by atoms with E-state index in [-0.39, 0.29) is 0 Å². The van der Waals surface area contributed by atoms with Crippen LogP contribution in [-0.4, -0.2) is 40.3 Å². The predicted octanol–water partition coefficient (Wildman–Crippen LogP) is 5.94. The molecule has 0 spiro atoms. The molecule has 0 aliphatic heterocycles. The molecule has 0 saturated carbocycles. The molecule has 26 heavy (non-hydrogen) atoms. The van der Waals surface area contributed by atoms with Crippen LogP contribution < -0.4 is 8.34 Å². The number of hydrogen-bond donors (Lipinski definition) is 1. The zero-order chi connectivity index (χ0) is 19.6. The number of amides is 1. The van der Waals surface area contributed by atoms with Crippen LogP contribution in [0.5, 0.6) is 0 Å². The van der Waals surface area contributed by atoms with Gasteiger partial charge in [-0.25, -0.2) is 0 Å². The minimum absolute atomic E-state index is 0.448. The molecule has 1 N–H and O–H groups in total. The van der Waals surface area contributed by atoms with Gasteiger partial charge in [-0.1, -0.05) is 0 Å². The van der Waals surface area contributed by atoms with Gasteiger partial charge in [-0.15, -0.1) is 0 Å². The molecule has 1 aromatic heterocycles. The Bertz CT molecular complexity index is 521. The summed E-state index contributed by atoms with van der Waals surface area (Å²) >= 11 is -0.950. The molecule has 1 heterocycles. The van der Waals surface area contributed by atoms with Crippen LogP contribution in [-0.2, 0) is 4.74 Å². The summed E-state index contributed by atoms with van der Waals surface area (Å²) in [6.07, 6.45) is 7.13. The first-order valence-electron chi connectivity index (χ1n) is 10.1. The molecule has 0 atom stereocenters. The number of aromatic nitrogens is 2. The van der Waals surface area contributed by atoms with Crippen molar-refractivity contribution < 1.29 is 9.53 Å².